The molecule has 0 aromatic heterocycles. The molecule has 1 aromatic rings. The van der Waals surface area contributed by atoms with Gasteiger partial charge in [0.25, 0.3) is 5.69 Å². The minimum Gasteiger partial charge on any atom is -0.314 e. The predicted molar refractivity (Wildman–Crippen MR) is 94.2 cm³/mol. The molecule has 0 aliphatic carbocycles. The molecule has 22 heavy (non-hydrogen) atoms. The van der Waals surface area contributed by atoms with Gasteiger partial charge in [-0.2, -0.15) is 0 Å². The molecule has 7 heteroatoms. The molecule has 1 aromatic carbocycles. The van der Waals surface area contributed by atoms with E-state index >= 15 is 0 Å². The molecule has 124 valence electrons. The Bertz CT molecular complexity index is 488. The Labute approximate surface area is 143 Å². The molecule has 0 bridgehead atoms. The molecule has 1 saturated heterocycles. The van der Waals surface area contributed by atoms with E-state index in [0.29, 0.717) is 0 Å². The van der Waals surface area contributed by atoms with Crippen LogP contribution in [0.4, 0.5) is 5.69 Å². The zero-order valence-corrected chi connectivity index (χ0v) is 14.3. The van der Waals surface area contributed by atoms with Gasteiger partial charge in [-0.25, -0.2) is 0 Å². The SMILES string of the molecule is C=C(C)C[C@@H](c1ccc([N+](=O)[O-])cc1)N1CCNCC1.Cl.Cl. The third kappa shape index (κ3) is 5.57. The van der Waals surface area contributed by atoms with Gasteiger partial charge in [-0.3, -0.25) is 15.0 Å². The number of piperazine rings is 1. The summed E-state index contributed by atoms with van der Waals surface area (Å²) < 4.78 is 0. The summed E-state index contributed by atoms with van der Waals surface area (Å²) in [5, 5.41) is 14.1. The van der Waals surface area contributed by atoms with E-state index in [9.17, 15) is 10.1 Å². The molecule has 1 heterocycles. The van der Waals surface area contributed by atoms with Gasteiger partial charge in [0.1, 0.15) is 0 Å². The van der Waals surface area contributed by atoms with Crippen LogP contribution in [0.25, 0.3) is 0 Å². The fourth-order valence-electron chi connectivity index (χ4n) is 2.60. The summed E-state index contributed by atoms with van der Waals surface area (Å²) in [4.78, 5) is 12.8. The van der Waals surface area contributed by atoms with Crippen molar-refractivity contribution in [2.24, 2.45) is 0 Å². The van der Waals surface area contributed by atoms with Gasteiger partial charge in [0.2, 0.25) is 0 Å². The van der Waals surface area contributed by atoms with E-state index in [4.69, 9.17) is 0 Å². The van der Waals surface area contributed by atoms with Gasteiger partial charge >= 0.3 is 0 Å². The number of non-ortho nitro benzene ring substituents is 1. The molecule has 1 N–H and O–H groups in total. The van der Waals surface area contributed by atoms with Gasteiger partial charge in [-0.1, -0.05) is 17.7 Å². The van der Waals surface area contributed by atoms with Gasteiger partial charge in [-0.15, -0.1) is 31.4 Å². The number of nitrogens with one attached hydrogen (secondary N) is 1. The second-order valence-corrected chi connectivity index (χ2v) is 5.31. The third-order valence-electron chi connectivity index (χ3n) is 3.62. The topological polar surface area (TPSA) is 58.4 Å². The lowest BCUT2D eigenvalue weighted by Gasteiger charge is -2.35. The predicted octanol–water partition coefficient (Wildman–Crippen LogP) is 3.35. The van der Waals surface area contributed by atoms with Crippen LogP contribution in [0, 0.1) is 10.1 Å². The zero-order chi connectivity index (χ0) is 14.5. The number of halogens is 2. The normalized spacial score (nSPS) is 16.0. The molecule has 0 spiro atoms. The largest absolute Gasteiger partial charge is 0.314 e. The van der Waals surface area contributed by atoms with Crippen LogP contribution in [0.2, 0.25) is 0 Å². The van der Waals surface area contributed by atoms with E-state index in [2.05, 4.69) is 16.8 Å². The monoisotopic (exact) mass is 347 g/mol. The van der Waals surface area contributed by atoms with E-state index in [-0.39, 0.29) is 41.5 Å². The van der Waals surface area contributed by atoms with E-state index < -0.39 is 0 Å². The summed E-state index contributed by atoms with van der Waals surface area (Å²) in [5.74, 6) is 0. The highest BCUT2D eigenvalue weighted by molar-refractivity contribution is 5.85. The molecule has 0 unspecified atom stereocenters. The number of nitro groups is 1. The lowest BCUT2D eigenvalue weighted by atomic mass is 9.98. The minimum atomic E-state index is -0.359. The highest BCUT2D eigenvalue weighted by atomic mass is 35.5. The van der Waals surface area contributed by atoms with Gasteiger partial charge in [0, 0.05) is 44.4 Å². The van der Waals surface area contributed by atoms with Crippen molar-refractivity contribution in [3.8, 4) is 0 Å². The lowest BCUT2D eigenvalue weighted by Crippen LogP contribution is -2.45. The highest BCUT2D eigenvalue weighted by Gasteiger charge is 2.22. The third-order valence-corrected chi connectivity index (χ3v) is 3.62. The van der Waals surface area contributed by atoms with Gasteiger partial charge in [-0.05, 0) is 18.9 Å². The summed E-state index contributed by atoms with van der Waals surface area (Å²) in [6.45, 7) is 10.0. The number of rotatable bonds is 5. The van der Waals surface area contributed by atoms with Crippen LogP contribution < -0.4 is 5.32 Å². The maximum atomic E-state index is 10.7. The summed E-state index contributed by atoms with van der Waals surface area (Å²) in [7, 11) is 0. The molecule has 5 nitrogen and oxygen atoms in total. The Morgan fingerprint density at radius 1 is 1.32 bits per heavy atom. The first-order valence-electron chi connectivity index (χ1n) is 6.91. The number of nitro benzene ring substituents is 1. The smallest absolute Gasteiger partial charge is 0.269 e. The van der Waals surface area contributed by atoms with E-state index in [1.165, 1.54) is 0 Å². The first kappa shape index (κ1) is 20.9. The molecule has 1 fully saturated rings. The fraction of sp³-hybridized carbons (Fsp3) is 0.467. The molecule has 0 saturated carbocycles. The number of hydrogen-bond donors (Lipinski definition) is 1. The molecule has 1 aliphatic heterocycles. The quantitative estimate of drug-likeness (QED) is 0.504. The second kappa shape index (κ2) is 9.79. The molecular formula is C15H23Cl2N3O2. The minimum absolute atomic E-state index is 0. The van der Waals surface area contributed by atoms with Crippen molar-refractivity contribution in [1.29, 1.82) is 0 Å². The van der Waals surface area contributed by atoms with Crippen molar-refractivity contribution in [2.75, 3.05) is 26.2 Å². The van der Waals surface area contributed by atoms with Crippen molar-refractivity contribution in [3.05, 3.63) is 52.1 Å². The molecule has 1 atom stereocenters. The summed E-state index contributed by atoms with van der Waals surface area (Å²) >= 11 is 0. The van der Waals surface area contributed by atoms with Crippen LogP contribution in [0.5, 0.6) is 0 Å². The summed E-state index contributed by atoms with van der Waals surface area (Å²) in [5.41, 5.74) is 2.40. The van der Waals surface area contributed by atoms with Crippen molar-refractivity contribution in [2.45, 2.75) is 19.4 Å². The summed E-state index contributed by atoms with van der Waals surface area (Å²) in [6, 6.07) is 7.17. The van der Waals surface area contributed by atoms with Crippen LogP contribution in [-0.4, -0.2) is 36.0 Å². The van der Waals surface area contributed by atoms with Crippen molar-refractivity contribution < 1.29 is 4.92 Å². The first-order valence-corrected chi connectivity index (χ1v) is 6.91. The van der Waals surface area contributed by atoms with Crippen LogP contribution in [0.3, 0.4) is 0 Å². The number of benzene rings is 1. The number of nitrogens with zero attached hydrogens (tertiary/aromatic N) is 2. The maximum Gasteiger partial charge on any atom is 0.269 e. The summed E-state index contributed by atoms with van der Waals surface area (Å²) in [6.07, 6.45) is 0.887. The highest BCUT2D eigenvalue weighted by Crippen LogP contribution is 2.28. The molecule has 0 radical (unpaired) electrons. The van der Waals surface area contributed by atoms with Crippen LogP contribution in [-0.2, 0) is 0 Å². The Hall–Kier alpha value is -1.14. The molecule has 2 rings (SSSR count). The van der Waals surface area contributed by atoms with Crippen molar-refractivity contribution in [3.63, 3.8) is 0 Å². The average molecular weight is 348 g/mol. The standard InChI is InChI=1S/C15H21N3O2.2ClH/c1-12(2)11-15(17-9-7-16-8-10-17)13-3-5-14(6-4-13)18(19)20;;/h3-6,15-16H,1,7-11H2,2H3;2*1H/t15-;;/m0../s1. The van der Waals surface area contributed by atoms with E-state index in [1.54, 1.807) is 12.1 Å². The van der Waals surface area contributed by atoms with Gasteiger partial charge in [0.05, 0.1) is 4.92 Å². The number of hydrogen-bond acceptors (Lipinski definition) is 4. The molecule has 0 amide bonds. The first-order chi connectivity index (χ1) is 9.58. The van der Waals surface area contributed by atoms with Crippen molar-refractivity contribution >= 4 is 30.5 Å². The van der Waals surface area contributed by atoms with Crippen LogP contribution in [0.15, 0.2) is 36.4 Å². The van der Waals surface area contributed by atoms with Crippen LogP contribution >= 0.6 is 24.8 Å². The fourth-order valence-corrected chi connectivity index (χ4v) is 2.60. The van der Waals surface area contributed by atoms with E-state index in [1.807, 2.05) is 19.1 Å². The Kier molecular flexibility index (Phi) is 9.28. The van der Waals surface area contributed by atoms with Crippen molar-refractivity contribution in [1.82, 2.24) is 10.2 Å². The lowest BCUT2D eigenvalue weighted by molar-refractivity contribution is -0.384. The maximum absolute atomic E-state index is 10.7. The Balaban J connectivity index is 0.00000220. The zero-order valence-electron chi connectivity index (χ0n) is 12.7. The van der Waals surface area contributed by atoms with Crippen LogP contribution in [0.1, 0.15) is 24.9 Å². The van der Waals surface area contributed by atoms with E-state index in [0.717, 1.165) is 43.7 Å². The Morgan fingerprint density at radius 3 is 2.32 bits per heavy atom. The van der Waals surface area contributed by atoms with Gasteiger partial charge in [0.15, 0.2) is 0 Å². The Morgan fingerprint density at radius 2 is 1.86 bits per heavy atom. The second-order valence-electron chi connectivity index (χ2n) is 5.31. The molecular weight excluding hydrogens is 325 g/mol. The van der Waals surface area contributed by atoms with Gasteiger partial charge < -0.3 is 5.32 Å². The molecule has 1 aliphatic rings. The average Bonchev–Trinajstić information content (AvgIpc) is 2.45.